The van der Waals surface area contributed by atoms with E-state index < -0.39 is 6.04 Å². The third kappa shape index (κ3) is 6.20. The molecule has 2 amide bonds. The van der Waals surface area contributed by atoms with E-state index in [1.54, 1.807) is 24.0 Å². The van der Waals surface area contributed by atoms with Gasteiger partial charge in [0.25, 0.3) is 0 Å². The number of ether oxygens (including phenoxy) is 2. The van der Waals surface area contributed by atoms with Crippen LogP contribution in [0.3, 0.4) is 0 Å². The number of nitrogens with one attached hydrogen (secondary N) is 1. The number of aryl methyl sites for hydroxylation is 1. The van der Waals surface area contributed by atoms with Crippen molar-refractivity contribution in [2.75, 3.05) is 13.2 Å². The van der Waals surface area contributed by atoms with Crippen LogP contribution in [0.2, 0.25) is 0 Å². The predicted octanol–water partition coefficient (Wildman–Crippen LogP) is 3.47. The van der Waals surface area contributed by atoms with Crippen molar-refractivity contribution in [3.63, 3.8) is 0 Å². The van der Waals surface area contributed by atoms with Gasteiger partial charge in [-0.25, -0.2) is 4.39 Å². The van der Waals surface area contributed by atoms with Crippen molar-refractivity contribution in [3.8, 4) is 11.5 Å². The molecule has 0 saturated carbocycles. The Kier molecular flexibility index (Phi) is 7.50. The van der Waals surface area contributed by atoms with Crippen LogP contribution in [0.25, 0.3) is 0 Å². The molecule has 7 heteroatoms. The summed E-state index contributed by atoms with van der Waals surface area (Å²) in [5, 5.41) is 2.86. The number of hydrogen-bond donors (Lipinski definition) is 1. The van der Waals surface area contributed by atoms with E-state index in [4.69, 9.17) is 9.47 Å². The van der Waals surface area contributed by atoms with E-state index >= 15 is 0 Å². The fourth-order valence-electron chi connectivity index (χ4n) is 3.41. The lowest BCUT2D eigenvalue weighted by Gasteiger charge is -2.29. The van der Waals surface area contributed by atoms with E-state index in [1.807, 2.05) is 32.0 Å². The Morgan fingerprint density at radius 2 is 1.65 bits per heavy atom. The fraction of sp³-hybridized carbons (Fsp3) is 0.417. The quantitative estimate of drug-likeness (QED) is 0.699. The van der Waals surface area contributed by atoms with Gasteiger partial charge in [0.05, 0.1) is 0 Å². The summed E-state index contributed by atoms with van der Waals surface area (Å²) in [7, 11) is 0. The average Bonchev–Trinajstić information content (AvgIpc) is 2.76. The molecule has 1 aliphatic rings. The van der Waals surface area contributed by atoms with Crippen molar-refractivity contribution >= 4 is 11.8 Å². The van der Waals surface area contributed by atoms with Crippen molar-refractivity contribution < 1.29 is 23.5 Å². The number of amides is 2. The Morgan fingerprint density at radius 3 is 2.32 bits per heavy atom. The fourth-order valence-corrected chi connectivity index (χ4v) is 3.41. The van der Waals surface area contributed by atoms with Crippen LogP contribution < -0.4 is 14.8 Å². The molecule has 1 N–H and O–H groups in total. The van der Waals surface area contributed by atoms with Gasteiger partial charge >= 0.3 is 0 Å². The highest BCUT2D eigenvalue weighted by Gasteiger charge is 2.26. The Hall–Kier alpha value is -3.09. The molecule has 0 fully saturated rings. The monoisotopic (exact) mass is 428 g/mol. The van der Waals surface area contributed by atoms with E-state index in [0.29, 0.717) is 31.1 Å². The molecular formula is C24H29FN2O4. The molecule has 1 atom stereocenters. The lowest BCUT2D eigenvalue weighted by molar-refractivity contribution is -0.140. The maximum Gasteiger partial charge on any atom is 0.242 e. The van der Waals surface area contributed by atoms with Crippen LogP contribution >= 0.6 is 0 Å². The van der Waals surface area contributed by atoms with E-state index in [1.165, 1.54) is 12.1 Å². The topological polar surface area (TPSA) is 67.9 Å². The normalized spacial score (nSPS) is 13.6. The first kappa shape index (κ1) is 22.6. The Labute approximate surface area is 182 Å². The van der Waals surface area contributed by atoms with Gasteiger partial charge in [0.2, 0.25) is 11.8 Å². The van der Waals surface area contributed by atoms with Crippen molar-refractivity contribution in [2.24, 2.45) is 0 Å². The van der Waals surface area contributed by atoms with Gasteiger partial charge in [-0.15, -0.1) is 0 Å². The summed E-state index contributed by atoms with van der Waals surface area (Å²) < 4.78 is 24.4. The van der Waals surface area contributed by atoms with E-state index in [9.17, 15) is 14.0 Å². The molecule has 166 valence electrons. The van der Waals surface area contributed by atoms with Gasteiger partial charge in [-0.2, -0.15) is 0 Å². The molecule has 6 nitrogen and oxygen atoms in total. The Balaban J connectivity index is 1.71. The molecule has 1 heterocycles. The standard InChI is InChI=1S/C24H29FN2O4/c1-16(2)26-24(29)17(3)27(15-19-4-8-20(25)9-5-19)23(28)11-7-18-6-10-21-22(14-18)31-13-12-30-21/h4-6,8-10,14,16-17H,7,11-13,15H2,1-3H3,(H,26,29)/t17-/m1/s1. The molecule has 1 aliphatic heterocycles. The molecule has 2 aromatic rings. The lowest BCUT2D eigenvalue weighted by Crippen LogP contribution is -2.49. The highest BCUT2D eigenvalue weighted by Crippen LogP contribution is 2.31. The number of carbonyl (C=O) groups excluding carboxylic acids is 2. The second-order valence-corrected chi connectivity index (χ2v) is 7.97. The molecule has 0 unspecified atom stereocenters. The number of benzene rings is 2. The Bertz CT molecular complexity index is 914. The molecule has 0 aliphatic carbocycles. The van der Waals surface area contributed by atoms with Crippen molar-refractivity contribution in [3.05, 3.63) is 59.4 Å². The highest BCUT2D eigenvalue weighted by molar-refractivity contribution is 5.87. The molecular weight excluding hydrogens is 399 g/mol. The van der Waals surface area contributed by atoms with E-state index in [0.717, 1.165) is 11.1 Å². The number of rotatable bonds is 8. The summed E-state index contributed by atoms with van der Waals surface area (Å²) in [4.78, 5) is 27.3. The maximum atomic E-state index is 13.3. The molecule has 0 bridgehead atoms. The molecule has 0 radical (unpaired) electrons. The summed E-state index contributed by atoms with van der Waals surface area (Å²) in [5.41, 5.74) is 1.72. The first-order valence-corrected chi connectivity index (χ1v) is 10.6. The van der Waals surface area contributed by atoms with Gasteiger partial charge in [-0.3, -0.25) is 9.59 Å². The van der Waals surface area contributed by atoms with Crippen LogP contribution in [-0.4, -0.2) is 42.0 Å². The first-order valence-electron chi connectivity index (χ1n) is 10.6. The first-order chi connectivity index (χ1) is 14.8. The predicted molar refractivity (Wildman–Crippen MR) is 115 cm³/mol. The second kappa shape index (κ2) is 10.3. The van der Waals surface area contributed by atoms with Crippen LogP contribution in [0.5, 0.6) is 11.5 Å². The summed E-state index contributed by atoms with van der Waals surface area (Å²) in [6, 6.07) is 10.9. The zero-order valence-corrected chi connectivity index (χ0v) is 18.2. The number of carbonyl (C=O) groups is 2. The molecule has 0 saturated heterocycles. The summed E-state index contributed by atoms with van der Waals surface area (Å²) in [6.45, 7) is 6.72. The zero-order valence-electron chi connectivity index (χ0n) is 18.2. The van der Waals surface area contributed by atoms with Crippen molar-refractivity contribution in [1.82, 2.24) is 10.2 Å². The van der Waals surface area contributed by atoms with Crippen LogP contribution in [0.4, 0.5) is 4.39 Å². The van der Waals surface area contributed by atoms with Crippen LogP contribution in [-0.2, 0) is 22.6 Å². The van der Waals surface area contributed by atoms with Gasteiger partial charge in [0.15, 0.2) is 11.5 Å². The van der Waals surface area contributed by atoms with Crippen molar-refractivity contribution in [1.29, 1.82) is 0 Å². The molecule has 31 heavy (non-hydrogen) atoms. The van der Waals surface area contributed by atoms with Gasteiger partial charge < -0.3 is 19.7 Å². The minimum Gasteiger partial charge on any atom is -0.486 e. The van der Waals surface area contributed by atoms with Gasteiger partial charge in [0, 0.05) is 19.0 Å². The zero-order chi connectivity index (χ0) is 22.4. The van der Waals surface area contributed by atoms with Crippen LogP contribution in [0.15, 0.2) is 42.5 Å². The third-order valence-corrected chi connectivity index (χ3v) is 5.10. The van der Waals surface area contributed by atoms with Gasteiger partial charge in [-0.1, -0.05) is 18.2 Å². The lowest BCUT2D eigenvalue weighted by atomic mass is 10.1. The minimum atomic E-state index is -0.653. The number of fused-ring (bicyclic) bond motifs is 1. The van der Waals surface area contributed by atoms with Crippen LogP contribution in [0.1, 0.15) is 38.3 Å². The molecule has 0 spiro atoms. The van der Waals surface area contributed by atoms with E-state index in [-0.39, 0.29) is 36.6 Å². The summed E-state index contributed by atoms with van der Waals surface area (Å²) in [6.07, 6.45) is 0.744. The number of halogens is 1. The maximum absolute atomic E-state index is 13.3. The molecule has 2 aromatic carbocycles. The number of hydrogen-bond acceptors (Lipinski definition) is 4. The highest BCUT2D eigenvalue weighted by atomic mass is 19.1. The number of nitrogens with zero attached hydrogens (tertiary/aromatic N) is 1. The Morgan fingerprint density at radius 1 is 1.00 bits per heavy atom. The van der Waals surface area contributed by atoms with E-state index in [2.05, 4.69) is 5.32 Å². The summed E-state index contributed by atoms with van der Waals surface area (Å²) in [5.74, 6) is 0.684. The average molecular weight is 429 g/mol. The van der Waals surface area contributed by atoms with Gasteiger partial charge in [-0.05, 0) is 62.6 Å². The molecule has 0 aromatic heterocycles. The SMILES string of the molecule is CC(C)NC(=O)[C@@H](C)N(Cc1ccc(F)cc1)C(=O)CCc1ccc2c(c1)OCCO2. The summed E-state index contributed by atoms with van der Waals surface area (Å²) >= 11 is 0. The third-order valence-electron chi connectivity index (χ3n) is 5.10. The van der Waals surface area contributed by atoms with Crippen molar-refractivity contribution in [2.45, 2.75) is 52.2 Å². The minimum absolute atomic E-state index is 0.0320. The smallest absolute Gasteiger partial charge is 0.242 e. The second-order valence-electron chi connectivity index (χ2n) is 7.97. The van der Waals surface area contributed by atoms with Gasteiger partial charge in [0.1, 0.15) is 25.1 Å². The molecule has 3 rings (SSSR count). The van der Waals surface area contributed by atoms with Crippen LogP contribution in [0, 0.1) is 5.82 Å². The largest absolute Gasteiger partial charge is 0.486 e.